The lowest BCUT2D eigenvalue weighted by atomic mass is 10.2. The molecule has 0 amide bonds. The molecule has 0 aliphatic carbocycles. The summed E-state index contributed by atoms with van der Waals surface area (Å²) in [6.07, 6.45) is 2.34. The lowest BCUT2D eigenvalue weighted by Crippen LogP contribution is -2.02. The van der Waals surface area contributed by atoms with Gasteiger partial charge in [-0.1, -0.05) is 0 Å². The normalized spacial score (nSPS) is 11.9. The Morgan fingerprint density at radius 1 is 1.22 bits per heavy atom. The zero-order valence-electron chi connectivity index (χ0n) is 11.5. The highest BCUT2D eigenvalue weighted by atomic mass is 16.5. The van der Waals surface area contributed by atoms with Crippen LogP contribution in [0.3, 0.4) is 0 Å². The summed E-state index contributed by atoms with van der Waals surface area (Å²) in [5.74, 6) is 0.304. The number of hydrogen-bond acceptors (Lipinski definition) is 2. The minimum Gasteiger partial charge on any atom is -0.508 e. The van der Waals surface area contributed by atoms with Gasteiger partial charge in [-0.05, 0) is 39.8 Å². The number of fused-ring (bicyclic) bond motifs is 1. The Kier molecular flexibility index (Phi) is 3.62. The Balaban J connectivity index is 2.47. The summed E-state index contributed by atoms with van der Waals surface area (Å²) in [5.41, 5.74) is 2.24. The molecular formula is C15H21NO2. The average Bonchev–Trinajstić information content (AvgIpc) is 2.64. The fourth-order valence-corrected chi connectivity index (χ4v) is 2.11. The molecule has 1 heterocycles. The van der Waals surface area contributed by atoms with Crippen LogP contribution >= 0.6 is 0 Å². The number of benzene rings is 1. The van der Waals surface area contributed by atoms with Crippen LogP contribution in [0.5, 0.6) is 5.75 Å². The van der Waals surface area contributed by atoms with Gasteiger partial charge in [0.2, 0.25) is 0 Å². The number of ether oxygens (including phenoxy) is 1. The first-order valence-corrected chi connectivity index (χ1v) is 6.43. The van der Waals surface area contributed by atoms with E-state index < -0.39 is 0 Å². The van der Waals surface area contributed by atoms with Gasteiger partial charge in [0, 0.05) is 29.3 Å². The maximum atomic E-state index is 9.62. The van der Waals surface area contributed by atoms with E-state index >= 15 is 0 Å². The van der Waals surface area contributed by atoms with Gasteiger partial charge in [0.05, 0.1) is 18.2 Å². The lowest BCUT2D eigenvalue weighted by molar-refractivity contribution is 0.0663. The molecule has 3 heteroatoms. The number of phenols is 1. The number of nitrogens with zero attached hydrogens (tertiary/aromatic N) is 1. The van der Waals surface area contributed by atoms with Crippen molar-refractivity contribution in [3.05, 3.63) is 30.0 Å². The predicted octanol–water partition coefficient (Wildman–Crippen LogP) is 3.85. The first kappa shape index (κ1) is 13.0. The molecule has 0 fully saturated rings. The van der Waals surface area contributed by atoms with Crippen molar-refractivity contribution in [2.24, 2.45) is 0 Å². The summed E-state index contributed by atoms with van der Waals surface area (Å²) < 4.78 is 7.86. The highest BCUT2D eigenvalue weighted by Crippen LogP contribution is 2.28. The first-order valence-electron chi connectivity index (χ1n) is 6.43. The smallest absolute Gasteiger partial charge is 0.117 e. The van der Waals surface area contributed by atoms with E-state index in [-0.39, 0.29) is 6.10 Å². The quantitative estimate of drug-likeness (QED) is 0.890. The van der Waals surface area contributed by atoms with E-state index in [0.717, 1.165) is 10.9 Å². The van der Waals surface area contributed by atoms with Gasteiger partial charge in [0.25, 0.3) is 0 Å². The maximum absolute atomic E-state index is 9.62. The van der Waals surface area contributed by atoms with Crippen LogP contribution in [0.25, 0.3) is 10.9 Å². The van der Waals surface area contributed by atoms with Gasteiger partial charge < -0.3 is 14.4 Å². The third-order valence-corrected chi connectivity index (χ3v) is 3.03. The standard InChI is InChI=1S/C15H21NO2/c1-10(2)16-8-12(9-18-11(3)4)14-6-5-13(17)7-15(14)16/h5-8,10-11,17H,9H2,1-4H3. The first-order chi connectivity index (χ1) is 8.49. The molecule has 1 aromatic carbocycles. The van der Waals surface area contributed by atoms with Crippen LogP contribution in [0.15, 0.2) is 24.4 Å². The molecule has 0 spiro atoms. The second-order valence-electron chi connectivity index (χ2n) is 5.22. The highest BCUT2D eigenvalue weighted by Gasteiger charge is 2.11. The minimum atomic E-state index is 0.222. The number of aromatic hydroxyl groups is 1. The third kappa shape index (κ3) is 2.51. The summed E-state index contributed by atoms with van der Waals surface area (Å²) >= 11 is 0. The van der Waals surface area contributed by atoms with Gasteiger partial charge in [-0.2, -0.15) is 0 Å². The van der Waals surface area contributed by atoms with Crippen molar-refractivity contribution >= 4 is 10.9 Å². The molecule has 98 valence electrons. The lowest BCUT2D eigenvalue weighted by Gasteiger charge is -2.08. The van der Waals surface area contributed by atoms with Crippen molar-refractivity contribution in [2.45, 2.75) is 46.4 Å². The monoisotopic (exact) mass is 247 g/mol. The van der Waals surface area contributed by atoms with Crippen molar-refractivity contribution in [3.8, 4) is 5.75 Å². The van der Waals surface area contributed by atoms with Crippen LogP contribution in [0, 0.1) is 0 Å². The zero-order valence-corrected chi connectivity index (χ0v) is 11.5. The molecule has 0 bridgehead atoms. The number of hydrogen-bond donors (Lipinski definition) is 1. The van der Waals surface area contributed by atoms with Crippen molar-refractivity contribution in [2.75, 3.05) is 0 Å². The van der Waals surface area contributed by atoms with E-state index in [1.54, 1.807) is 6.07 Å². The molecule has 2 aromatic rings. The summed E-state index contributed by atoms with van der Waals surface area (Å²) in [5, 5.41) is 10.8. The molecule has 0 saturated carbocycles. The summed E-state index contributed by atoms with van der Waals surface area (Å²) in [6.45, 7) is 8.95. The predicted molar refractivity (Wildman–Crippen MR) is 73.9 cm³/mol. The van der Waals surface area contributed by atoms with E-state index in [2.05, 4.69) is 24.6 Å². The van der Waals surface area contributed by atoms with Gasteiger partial charge in [-0.25, -0.2) is 0 Å². The van der Waals surface area contributed by atoms with Crippen molar-refractivity contribution < 1.29 is 9.84 Å². The van der Waals surface area contributed by atoms with E-state index in [4.69, 9.17) is 4.74 Å². The maximum Gasteiger partial charge on any atom is 0.117 e. The van der Waals surface area contributed by atoms with Crippen molar-refractivity contribution in [3.63, 3.8) is 0 Å². The Labute approximate surface area is 108 Å². The number of phenolic OH excluding ortho intramolecular Hbond substituents is 1. The topological polar surface area (TPSA) is 34.4 Å². The number of aromatic nitrogens is 1. The summed E-state index contributed by atoms with van der Waals surface area (Å²) in [6, 6.07) is 5.87. The van der Waals surface area contributed by atoms with E-state index in [9.17, 15) is 5.11 Å². The second kappa shape index (κ2) is 5.02. The Bertz CT molecular complexity index is 541. The Morgan fingerprint density at radius 2 is 1.94 bits per heavy atom. The third-order valence-electron chi connectivity index (χ3n) is 3.03. The molecule has 1 N–H and O–H groups in total. The van der Waals surface area contributed by atoms with Crippen molar-refractivity contribution in [1.29, 1.82) is 0 Å². The summed E-state index contributed by atoms with van der Waals surface area (Å²) in [7, 11) is 0. The molecule has 1 aromatic heterocycles. The van der Waals surface area contributed by atoms with E-state index in [1.807, 2.05) is 26.0 Å². The fraction of sp³-hybridized carbons (Fsp3) is 0.467. The molecule has 0 saturated heterocycles. The molecule has 0 radical (unpaired) electrons. The minimum absolute atomic E-state index is 0.222. The Hall–Kier alpha value is -1.48. The molecule has 18 heavy (non-hydrogen) atoms. The Morgan fingerprint density at radius 3 is 2.56 bits per heavy atom. The van der Waals surface area contributed by atoms with Crippen molar-refractivity contribution in [1.82, 2.24) is 4.57 Å². The summed E-state index contributed by atoms with van der Waals surface area (Å²) in [4.78, 5) is 0. The average molecular weight is 247 g/mol. The molecule has 0 atom stereocenters. The second-order valence-corrected chi connectivity index (χ2v) is 5.22. The van der Waals surface area contributed by atoms with E-state index in [1.165, 1.54) is 5.56 Å². The van der Waals surface area contributed by atoms with Crippen LogP contribution in [0.4, 0.5) is 0 Å². The molecule has 0 aliphatic rings. The van der Waals surface area contributed by atoms with Crippen LogP contribution in [0.2, 0.25) is 0 Å². The van der Waals surface area contributed by atoms with E-state index in [0.29, 0.717) is 18.4 Å². The van der Waals surface area contributed by atoms with Gasteiger partial charge >= 0.3 is 0 Å². The zero-order chi connectivity index (χ0) is 13.3. The SMILES string of the molecule is CC(C)OCc1cn(C(C)C)c2cc(O)ccc12. The fourth-order valence-electron chi connectivity index (χ4n) is 2.11. The largest absolute Gasteiger partial charge is 0.508 e. The molecule has 3 nitrogen and oxygen atoms in total. The van der Waals surface area contributed by atoms with Gasteiger partial charge in [-0.15, -0.1) is 0 Å². The van der Waals surface area contributed by atoms with Gasteiger partial charge in [-0.3, -0.25) is 0 Å². The molecule has 0 unspecified atom stereocenters. The van der Waals surface area contributed by atoms with Gasteiger partial charge in [0.1, 0.15) is 5.75 Å². The van der Waals surface area contributed by atoms with Crippen LogP contribution in [-0.4, -0.2) is 15.8 Å². The highest BCUT2D eigenvalue weighted by molar-refractivity contribution is 5.85. The van der Waals surface area contributed by atoms with Crippen LogP contribution in [0.1, 0.15) is 39.3 Å². The van der Waals surface area contributed by atoms with Crippen LogP contribution < -0.4 is 0 Å². The van der Waals surface area contributed by atoms with Gasteiger partial charge in [0.15, 0.2) is 0 Å². The van der Waals surface area contributed by atoms with Crippen LogP contribution in [-0.2, 0) is 11.3 Å². The number of rotatable bonds is 4. The molecule has 2 rings (SSSR count). The molecular weight excluding hydrogens is 226 g/mol. The molecule has 0 aliphatic heterocycles.